The van der Waals surface area contributed by atoms with Crippen LogP contribution in [0.25, 0.3) is 16.6 Å². The number of H-pyrrole nitrogens is 1. The largest absolute Gasteiger partial charge is 0.331 e. The van der Waals surface area contributed by atoms with E-state index in [0.29, 0.717) is 21.6 Å². The average molecular weight is 368 g/mol. The van der Waals surface area contributed by atoms with Crippen molar-refractivity contribution in [2.75, 3.05) is 0 Å². The molecule has 1 heterocycles. The molecule has 0 saturated heterocycles. The van der Waals surface area contributed by atoms with E-state index < -0.39 is 15.6 Å². The van der Waals surface area contributed by atoms with Crippen molar-refractivity contribution in [3.05, 3.63) is 62.6 Å². The first-order valence-electron chi connectivity index (χ1n) is 6.35. The minimum absolute atomic E-state index is 0.109. The molecule has 0 aliphatic heterocycles. The molecule has 1 aromatic heterocycles. The van der Waals surface area contributed by atoms with Gasteiger partial charge in [-0.1, -0.05) is 17.7 Å². The van der Waals surface area contributed by atoms with E-state index >= 15 is 0 Å². The molecule has 0 radical (unpaired) electrons. The van der Waals surface area contributed by atoms with Gasteiger partial charge in [0.1, 0.15) is 0 Å². The van der Waals surface area contributed by atoms with Crippen molar-refractivity contribution in [1.29, 1.82) is 0 Å². The molecule has 118 valence electrons. The van der Waals surface area contributed by atoms with Crippen LogP contribution in [0.15, 0.2) is 52.2 Å². The molecule has 3 N–H and O–H groups in total. The van der Waals surface area contributed by atoms with Gasteiger partial charge in [-0.05, 0) is 48.6 Å². The number of primary sulfonamides is 1. The highest BCUT2D eigenvalue weighted by Crippen LogP contribution is 2.17. The van der Waals surface area contributed by atoms with Gasteiger partial charge in [-0.25, -0.2) is 13.6 Å². The highest BCUT2D eigenvalue weighted by atomic mass is 35.5. The van der Waals surface area contributed by atoms with Gasteiger partial charge in [0, 0.05) is 5.02 Å². The third-order valence-electron chi connectivity index (χ3n) is 3.26. The summed E-state index contributed by atoms with van der Waals surface area (Å²) in [4.78, 5) is 15.5. The average Bonchev–Trinajstić information content (AvgIpc) is 2.48. The Balaban J connectivity index is 2.37. The highest BCUT2D eigenvalue weighted by molar-refractivity contribution is 7.89. The van der Waals surface area contributed by atoms with Crippen molar-refractivity contribution in [3.8, 4) is 5.69 Å². The Labute approximate surface area is 141 Å². The fraction of sp³-hybridized carbons (Fsp3) is 0. The molecule has 0 saturated carbocycles. The lowest BCUT2D eigenvalue weighted by Gasteiger charge is -2.09. The summed E-state index contributed by atoms with van der Waals surface area (Å²) in [5.74, 6) is 0. The first-order valence-corrected chi connectivity index (χ1v) is 8.68. The molecule has 9 heteroatoms. The monoisotopic (exact) mass is 367 g/mol. The molecule has 0 fully saturated rings. The van der Waals surface area contributed by atoms with Crippen LogP contribution in [0.3, 0.4) is 0 Å². The van der Waals surface area contributed by atoms with Gasteiger partial charge in [-0.15, -0.1) is 0 Å². The predicted octanol–water partition coefficient (Wildman–Crippen LogP) is 2.35. The lowest BCUT2D eigenvalue weighted by Crippen LogP contribution is -2.21. The van der Waals surface area contributed by atoms with Crippen LogP contribution in [0, 0.1) is 4.77 Å². The number of nitrogens with one attached hydrogen (secondary N) is 1. The van der Waals surface area contributed by atoms with Gasteiger partial charge in [-0.2, -0.15) is 0 Å². The summed E-state index contributed by atoms with van der Waals surface area (Å²) in [6, 6.07) is 10.5. The van der Waals surface area contributed by atoms with Gasteiger partial charge in [0.25, 0.3) is 5.56 Å². The fourth-order valence-electron chi connectivity index (χ4n) is 2.22. The highest BCUT2D eigenvalue weighted by Gasteiger charge is 2.12. The second kappa shape index (κ2) is 5.57. The fourth-order valence-corrected chi connectivity index (χ4v) is 3.24. The number of fused-ring (bicyclic) bond motifs is 1. The molecule has 0 aliphatic rings. The summed E-state index contributed by atoms with van der Waals surface area (Å²) in [6.45, 7) is 0. The molecular formula is C14H10ClN3O3S2. The Morgan fingerprint density at radius 2 is 1.91 bits per heavy atom. The number of nitrogens with zero attached hydrogens (tertiary/aromatic N) is 1. The SMILES string of the molecule is NS(=O)(=O)c1cccc(-n2c(=S)[nH]c3ccc(Cl)cc3c2=O)c1. The lowest BCUT2D eigenvalue weighted by atomic mass is 10.2. The Hall–Kier alpha value is -2.00. The number of halogens is 1. The number of aromatic nitrogens is 2. The third kappa shape index (κ3) is 2.93. The van der Waals surface area contributed by atoms with E-state index in [1.807, 2.05) is 0 Å². The van der Waals surface area contributed by atoms with Crippen LogP contribution in [-0.4, -0.2) is 18.0 Å². The van der Waals surface area contributed by atoms with Crippen LogP contribution >= 0.6 is 23.8 Å². The summed E-state index contributed by atoms with van der Waals surface area (Å²) in [7, 11) is -3.89. The van der Waals surface area contributed by atoms with E-state index in [1.165, 1.54) is 28.8 Å². The molecule has 3 aromatic rings. The van der Waals surface area contributed by atoms with Gasteiger partial charge >= 0.3 is 0 Å². The van der Waals surface area contributed by atoms with Crippen LogP contribution in [0.4, 0.5) is 0 Å². The molecule has 0 bridgehead atoms. The van der Waals surface area contributed by atoms with Gasteiger partial charge in [0.15, 0.2) is 4.77 Å². The van der Waals surface area contributed by atoms with E-state index in [9.17, 15) is 13.2 Å². The van der Waals surface area contributed by atoms with Crippen LogP contribution in [0.2, 0.25) is 5.02 Å². The molecule has 0 aliphatic carbocycles. The second-order valence-corrected chi connectivity index (χ2v) is 7.19. The zero-order valence-corrected chi connectivity index (χ0v) is 13.9. The number of nitrogens with two attached hydrogens (primary N) is 1. The number of rotatable bonds is 2. The van der Waals surface area contributed by atoms with Crippen molar-refractivity contribution in [3.63, 3.8) is 0 Å². The first-order chi connectivity index (χ1) is 10.8. The maximum Gasteiger partial charge on any atom is 0.266 e. The summed E-state index contributed by atoms with van der Waals surface area (Å²) >= 11 is 11.1. The van der Waals surface area contributed by atoms with E-state index in [2.05, 4.69) is 4.98 Å². The van der Waals surface area contributed by atoms with Crippen molar-refractivity contribution < 1.29 is 8.42 Å². The molecule has 23 heavy (non-hydrogen) atoms. The van der Waals surface area contributed by atoms with E-state index in [1.54, 1.807) is 18.2 Å². The smallest absolute Gasteiger partial charge is 0.266 e. The van der Waals surface area contributed by atoms with Crippen molar-refractivity contribution in [2.24, 2.45) is 5.14 Å². The standard InChI is InChI=1S/C14H10ClN3O3S2/c15-8-4-5-12-11(6-8)13(19)18(14(22)17-12)9-2-1-3-10(7-9)23(16,20)21/h1-7H,(H,17,22)(H2,16,20,21). The quantitative estimate of drug-likeness (QED) is 0.679. The molecule has 2 aromatic carbocycles. The first kappa shape index (κ1) is 15.9. The number of hydrogen-bond donors (Lipinski definition) is 2. The lowest BCUT2D eigenvalue weighted by molar-refractivity contribution is 0.597. The van der Waals surface area contributed by atoms with E-state index in [-0.39, 0.29) is 9.67 Å². The summed E-state index contributed by atoms with van der Waals surface area (Å²) in [6.07, 6.45) is 0. The van der Waals surface area contributed by atoms with Gasteiger partial charge in [-0.3, -0.25) is 9.36 Å². The Kier molecular flexibility index (Phi) is 3.85. The molecule has 0 unspecified atom stereocenters. The Morgan fingerprint density at radius 1 is 1.17 bits per heavy atom. The van der Waals surface area contributed by atoms with E-state index in [0.717, 1.165) is 0 Å². The molecule has 0 atom stereocenters. The van der Waals surface area contributed by atoms with Crippen molar-refractivity contribution >= 4 is 44.7 Å². The maximum atomic E-state index is 12.7. The maximum absolute atomic E-state index is 12.7. The van der Waals surface area contributed by atoms with Gasteiger partial charge in [0.05, 0.1) is 21.5 Å². The normalized spacial score (nSPS) is 11.7. The number of benzene rings is 2. The van der Waals surface area contributed by atoms with Crippen LogP contribution < -0.4 is 10.7 Å². The third-order valence-corrected chi connectivity index (χ3v) is 4.69. The molecule has 6 nitrogen and oxygen atoms in total. The topological polar surface area (TPSA) is 97.9 Å². The summed E-state index contributed by atoms with van der Waals surface area (Å²) in [5.41, 5.74) is 0.436. The minimum atomic E-state index is -3.89. The zero-order valence-electron chi connectivity index (χ0n) is 11.5. The summed E-state index contributed by atoms with van der Waals surface area (Å²) in [5, 5.41) is 5.87. The van der Waals surface area contributed by atoms with Crippen molar-refractivity contribution in [2.45, 2.75) is 4.90 Å². The van der Waals surface area contributed by atoms with Crippen LogP contribution in [0.5, 0.6) is 0 Å². The van der Waals surface area contributed by atoms with E-state index in [4.69, 9.17) is 29.0 Å². The van der Waals surface area contributed by atoms with Crippen LogP contribution in [-0.2, 0) is 10.0 Å². The van der Waals surface area contributed by atoms with Gasteiger partial charge < -0.3 is 4.98 Å². The Bertz CT molecular complexity index is 1150. The zero-order chi connectivity index (χ0) is 16.8. The molecule has 0 spiro atoms. The minimum Gasteiger partial charge on any atom is -0.331 e. The van der Waals surface area contributed by atoms with Crippen molar-refractivity contribution in [1.82, 2.24) is 9.55 Å². The Morgan fingerprint density at radius 3 is 2.61 bits per heavy atom. The predicted molar refractivity (Wildman–Crippen MR) is 91.1 cm³/mol. The number of hydrogen-bond acceptors (Lipinski definition) is 4. The van der Waals surface area contributed by atoms with Crippen LogP contribution in [0.1, 0.15) is 0 Å². The molecule has 3 rings (SSSR count). The molecule has 0 amide bonds. The second-order valence-electron chi connectivity index (χ2n) is 4.80. The number of aromatic amines is 1. The number of sulfonamides is 1. The summed E-state index contributed by atoms with van der Waals surface area (Å²) < 4.78 is 24.3. The molecular weight excluding hydrogens is 358 g/mol. The van der Waals surface area contributed by atoms with Gasteiger partial charge in [0.2, 0.25) is 10.0 Å².